The topological polar surface area (TPSA) is 72.1 Å². The molecule has 1 aliphatic heterocycles. The third kappa shape index (κ3) is 2.49. The van der Waals surface area contributed by atoms with Crippen molar-refractivity contribution >= 4 is 5.91 Å². The second-order valence-corrected chi connectivity index (χ2v) is 6.84. The number of amides is 1. The van der Waals surface area contributed by atoms with Crippen molar-refractivity contribution in [3.05, 3.63) is 47.8 Å². The molecule has 2 aromatic rings. The molecule has 0 radical (unpaired) electrons. The van der Waals surface area contributed by atoms with Crippen LogP contribution in [0.2, 0.25) is 0 Å². The van der Waals surface area contributed by atoms with E-state index in [1.165, 1.54) is 5.56 Å². The van der Waals surface area contributed by atoms with Crippen LogP contribution in [-0.2, 0) is 16.6 Å². The Morgan fingerprint density at radius 2 is 2.08 bits per heavy atom. The number of carbonyl (C=O) groups is 1. The van der Waals surface area contributed by atoms with Crippen molar-refractivity contribution in [2.75, 3.05) is 19.6 Å². The van der Waals surface area contributed by atoms with Crippen molar-refractivity contribution in [2.24, 2.45) is 5.73 Å². The summed E-state index contributed by atoms with van der Waals surface area (Å²) in [5.41, 5.74) is 8.96. The van der Waals surface area contributed by atoms with Crippen LogP contribution < -0.4 is 5.73 Å². The summed E-state index contributed by atoms with van der Waals surface area (Å²) in [6, 6.07) is 10.1. The van der Waals surface area contributed by atoms with Gasteiger partial charge >= 0.3 is 0 Å². The molecule has 4 rings (SSSR count). The number of benzene rings is 1. The Hall–Kier alpha value is -2.27. The van der Waals surface area contributed by atoms with Gasteiger partial charge in [0, 0.05) is 30.3 Å². The molecule has 2 heterocycles. The van der Waals surface area contributed by atoms with Crippen molar-refractivity contribution in [1.82, 2.24) is 14.9 Å². The normalized spacial score (nSPS) is 22.6. The molecular weight excluding hydrogens is 300 g/mol. The summed E-state index contributed by atoms with van der Waals surface area (Å²) >= 11 is 0. The largest absolute Gasteiger partial charge is 0.341 e. The number of likely N-dealkylation sites (tertiary alicyclic amines) is 1. The van der Waals surface area contributed by atoms with E-state index in [-0.39, 0.29) is 17.9 Å². The average Bonchev–Trinajstić information content (AvgIpc) is 2.99. The first-order valence-electron chi connectivity index (χ1n) is 8.61. The Bertz CT molecular complexity index is 757. The first kappa shape index (κ1) is 15.3. The van der Waals surface area contributed by atoms with Gasteiger partial charge in [0.15, 0.2) is 5.82 Å². The fraction of sp³-hybridized carbons (Fsp3) is 0.421. The zero-order valence-corrected chi connectivity index (χ0v) is 13.7. The van der Waals surface area contributed by atoms with Gasteiger partial charge in [-0.05, 0) is 31.2 Å². The first-order chi connectivity index (χ1) is 11.7. The highest BCUT2D eigenvalue weighted by Gasteiger charge is 2.44. The highest BCUT2D eigenvalue weighted by atomic mass is 16.2. The summed E-state index contributed by atoms with van der Waals surface area (Å²) in [5, 5.41) is 0. The van der Waals surface area contributed by atoms with Gasteiger partial charge in [-0.3, -0.25) is 4.79 Å². The minimum atomic E-state index is -0.0229. The van der Waals surface area contributed by atoms with E-state index in [0.717, 1.165) is 55.9 Å². The maximum Gasteiger partial charge on any atom is 0.236 e. The molecule has 1 saturated heterocycles. The van der Waals surface area contributed by atoms with Crippen LogP contribution in [0.3, 0.4) is 0 Å². The third-order valence-corrected chi connectivity index (χ3v) is 5.38. The van der Waals surface area contributed by atoms with E-state index in [0.29, 0.717) is 0 Å². The SMILES string of the molecule is NCC(=O)N1CCCC2(CCc3cnc(-c4ccccc4)nc32)C1. The Morgan fingerprint density at radius 1 is 1.25 bits per heavy atom. The maximum absolute atomic E-state index is 12.1. The fourth-order valence-corrected chi connectivity index (χ4v) is 4.14. The number of hydrogen-bond donors (Lipinski definition) is 1. The molecular formula is C19H22N4O. The quantitative estimate of drug-likeness (QED) is 0.917. The van der Waals surface area contributed by atoms with Crippen LogP contribution in [0.5, 0.6) is 0 Å². The zero-order chi connectivity index (χ0) is 16.6. The van der Waals surface area contributed by atoms with Gasteiger partial charge in [0.05, 0.1) is 12.2 Å². The molecule has 1 aromatic carbocycles. The van der Waals surface area contributed by atoms with Gasteiger partial charge < -0.3 is 10.6 Å². The van der Waals surface area contributed by atoms with Crippen molar-refractivity contribution in [2.45, 2.75) is 31.1 Å². The highest BCUT2D eigenvalue weighted by Crippen LogP contribution is 2.44. The van der Waals surface area contributed by atoms with E-state index >= 15 is 0 Å². The zero-order valence-electron chi connectivity index (χ0n) is 13.7. The monoisotopic (exact) mass is 322 g/mol. The molecule has 1 aliphatic carbocycles. The number of aryl methyl sites for hydroxylation is 1. The predicted molar refractivity (Wildman–Crippen MR) is 92.3 cm³/mol. The van der Waals surface area contributed by atoms with Gasteiger partial charge in [0.1, 0.15) is 0 Å². The van der Waals surface area contributed by atoms with Crippen molar-refractivity contribution < 1.29 is 4.79 Å². The van der Waals surface area contributed by atoms with Crippen LogP contribution in [-0.4, -0.2) is 40.4 Å². The second kappa shape index (κ2) is 5.98. The first-order valence-corrected chi connectivity index (χ1v) is 8.61. The van der Waals surface area contributed by atoms with Crippen LogP contribution in [0.1, 0.15) is 30.5 Å². The minimum absolute atomic E-state index is 0.0229. The van der Waals surface area contributed by atoms with Crippen LogP contribution in [0.4, 0.5) is 0 Å². The van der Waals surface area contributed by atoms with Gasteiger partial charge in [-0.1, -0.05) is 30.3 Å². The van der Waals surface area contributed by atoms with Gasteiger partial charge in [-0.15, -0.1) is 0 Å². The van der Waals surface area contributed by atoms with Crippen molar-refractivity contribution in [3.63, 3.8) is 0 Å². The number of carbonyl (C=O) groups excluding carboxylic acids is 1. The van der Waals surface area contributed by atoms with Crippen molar-refractivity contribution in [3.8, 4) is 11.4 Å². The molecule has 0 saturated carbocycles. The summed E-state index contributed by atoms with van der Waals surface area (Å²) in [4.78, 5) is 23.5. The molecule has 24 heavy (non-hydrogen) atoms. The molecule has 1 spiro atoms. The Kier molecular flexibility index (Phi) is 3.81. The molecule has 0 bridgehead atoms. The summed E-state index contributed by atoms with van der Waals surface area (Å²) in [5.74, 6) is 0.817. The van der Waals surface area contributed by atoms with Crippen LogP contribution in [0, 0.1) is 0 Å². The molecule has 2 aliphatic rings. The highest BCUT2D eigenvalue weighted by molar-refractivity contribution is 5.78. The Labute approximate surface area is 141 Å². The number of fused-ring (bicyclic) bond motifs is 2. The number of rotatable bonds is 2. The summed E-state index contributed by atoms with van der Waals surface area (Å²) < 4.78 is 0. The Balaban J connectivity index is 1.71. The van der Waals surface area contributed by atoms with Gasteiger partial charge in [0.2, 0.25) is 5.91 Å². The maximum atomic E-state index is 12.1. The van der Waals surface area contributed by atoms with Gasteiger partial charge in [0.25, 0.3) is 0 Å². The van der Waals surface area contributed by atoms with Crippen LogP contribution >= 0.6 is 0 Å². The van der Waals surface area contributed by atoms with E-state index in [1.54, 1.807) is 0 Å². The van der Waals surface area contributed by atoms with Crippen LogP contribution in [0.25, 0.3) is 11.4 Å². The smallest absolute Gasteiger partial charge is 0.236 e. The molecule has 2 N–H and O–H groups in total. The number of hydrogen-bond acceptors (Lipinski definition) is 4. The lowest BCUT2D eigenvalue weighted by Crippen LogP contribution is -2.49. The standard InChI is InChI=1S/C19H22N4O/c20-11-16(24)23-10-4-8-19(13-23)9-7-15-12-21-18(22-17(15)19)14-5-2-1-3-6-14/h1-3,5-6,12H,4,7-11,13,20H2. The molecule has 5 nitrogen and oxygen atoms in total. The third-order valence-electron chi connectivity index (χ3n) is 5.38. The van der Waals surface area contributed by atoms with E-state index in [9.17, 15) is 4.79 Å². The van der Waals surface area contributed by atoms with Gasteiger partial charge in [-0.2, -0.15) is 0 Å². The number of aromatic nitrogens is 2. The summed E-state index contributed by atoms with van der Waals surface area (Å²) in [6.07, 6.45) is 6.11. The molecule has 1 amide bonds. The minimum Gasteiger partial charge on any atom is -0.341 e. The van der Waals surface area contributed by atoms with E-state index in [4.69, 9.17) is 10.7 Å². The molecule has 1 fully saturated rings. The second-order valence-electron chi connectivity index (χ2n) is 6.84. The molecule has 5 heteroatoms. The molecule has 124 valence electrons. The summed E-state index contributed by atoms with van der Waals surface area (Å²) in [6.45, 7) is 1.63. The fourth-order valence-electron chi connectivity index (χ4n) is 4.14. The van der Waals surface area contributed by atoms with Gasteiger partial charge in [-0.25, -0.2) is 9.97 Å². The average molecular weight is 322 g/mol. The lowest BCUT2D eigenvalue weighted by Gasteiger charge is -2.40. The van der Waals surface area contributed by atoms with E-state index in [2.05, 4.69) is 4.98 Å². The molecule has 1 aromatic heterocycles. The number of nitrogens with two attached hydrogens (primary N) is 1. The summed E-state index contributed by atoms with van der Waals surface area (Å²) in [7, 11) is 0. The lowest BCUT2D eigenvalue weighted by molar-refractivity contribution is -0.131. The molecule has 1 unspecified atom stereocenters. The van der Waals surface area contributed by atoms with Crippen molar-refractivity contribution in [1.29, 1.82) is 0 Å². The number of piperidine rings is 1. The predicted octanol–water partition coefficient (Wildman–Crippen LogP) is 1.91. The van der Waals surface area contributed by atoms with E-state index in [1.807, 2.05) is 41.4 Å². The Morgan fingerprint density at radius 3 is 2.88 bits per heavy atom. The lowest BCUT2D eigenvalue weighted by atomic mass is 9.77. The molecule has 1 atom stereocenters. The number of nitrogens with zero attached hydrogens (tertiary/aromatic N) is 3. The van der Waals surface area contributed by atoms with E-state index < -0.39 is 0 Å². The van der Waals surface area contributed by atoms with Crippen LogP contribution in [0.15, 0.2) is 36.5 Å².